The average Bonchev–Trinajstić information content (AvgIpc) is 3.17. The van der Waals surface area contributed by atoms with Crippen molar-refractivity contribution in [3.63, 3.8) is 0 Å². The zero-order valence-corrected chi connectivity index (χ0v) is 37.4. The first-order valence-electron chi connectivity index (χ1n) is 21.8. The van der Waals surface area contributed by atoms with Crippen LogP contribution in [0.1, 0.15) is 154 Å². The van der Waals surface area contributed by atoms with Crippen LogP contribution >= 0.6 is 0 Å². The Morgan fingerprint density at radius 2 is 0.353 bits per heavy atom. The molecule has 0 fully saturated rings. The third-order valence-electron chi connectivity index (χ3n) is 11.6. The molecule has 0 amide bonds. The minimum atomic E-state index is -6.98. The highest BCUT2D eigenvalue weighted by molar-refractivity contribution is 6.76. The zero-order valence-electron chi connectivity index (χ0n) is 36.4. The van der Waals surface area contributed by atoms with Crippen molar-refractivity contribution in [2.45, 2.75) is 244 Å². The molecule has 0 saturated heterocycles. The maximum absolute atomic E-state index is 13.7. The van der Waals surface area contributed by atoms with Crippen molar-refractivity contribution < 1.29 is 119 Å². The number of hydrogen-bond acceptors (Lipinski definition) is 1. The van der Waals surface area contributed by atoms with Gasteiger partial charge in [-0.15, -0.1) is 0 Å². The molecule has 0 unspecified atom stereocenters. The first-order valence-corrected chi connectivity index (χ1v) is 24.5. The van der Waals surface area contributed by atoms with Crippen LogP contribution in [0.2, 0.25) is 18.1 Å². The molecular weight excluding hydrogens is 1020 g/mol. The molecular formula is C39H56F27NSi. The van der Waals surface area contributed by atoms with Gasteiger partial charge in [0.05, 0.1) is 0 Å². The van der Waals surface area contributed by atoms with Gasteiger partial charge in [-0.2, -0.15) is 119 Å². The maximum Gasteiger partial charge on any atom is 0.460 e. The molecule has 410 valence electrons. The molecule has 0 saturated carbocycles. The van der Waals surface area contributed by atoms with Gasteiger partial charge < -0.3 is 5.40 Å². The van der Waals surface area contributed by atoms with Gasteiger partial charge >= 0.3 is 71.8 Å². The van der Waals surface area contributed by atoms with Gasteiger partial charge in [0.1, 0.15) is 8.24 Å². The molecule has 0 atom stereocenters. The summed E-state index contributed by atoms with van der Waals surface area (Å²) in [5, 5.41) is 6.81. The topological polar surface area (TPSA) is 26.0 Å². The van der Waals surface area contributed by atoms with Crippen molar-refractivity contribution >= 4 is 8.24 Å². The summed E-state index contributed by atoms with van der Waals surface area (Å²) in [6, 6.07) is 1.54. The summed E-state index contributed by atoms with van der Waals surface area (Å²) in [6.45, 7) is 0. The molecule has 0 aromatic rings. The molecule has 0 rings (SSSR count). The average molecular weight is 1080 g/mol. The highest BCUT2D eigenvalue weighted by atomic mass is 28.3. The van der Waals surface area contributed by atoms with E-state index < -0.39 is 119 Å². The van der Waals surface area contributed by atoms with Gasteiger partial charge in [-0.1, -0.05) is 116 Å². The first-order chi connectivity index (χ1) is 30.4. The molecule has 0 aliphatic heterocycles. The van der Waals surface area contributed by atoms with Crippen molar-refractivity contribution in [3.8, 4) is 0 Å². The molecule has 0 aliphatic rings. The summed E-state index contributed by atoms with van der Waals surface area (Å²) in [5.74, 6) is -58.0. The molecule has 0 aromatic carbocycles. The van der Waals surface area contributed by atoms with Crippen molar-refractivity contribution in [2.75, 3.05) is 0 Å². The molecule has 68 heavy (non-hydrogen) atoms. The van der Waals surface area contributed by atoms with Crippen LogP contribution in [0.15, 0.2) is 0 Å². The Kier molecular flexibility index (Phi) is 24.7. The predicted molar refractivity (Wildman–Crippen MR) is 198 cm³/mol. The summed E-state index contributed by atoms with van der Waals surface area (Å²) in [4.78, 5) is 0. The van der Waals surface area contributed by atoms with E-state index in [-0.39, 0.29) is 38.5 Å². The zero-order chi connectivity index (χ0) is 53.6. The molecule has 2 N–H and O–H groups in total. The standard InChI is InChI=1S/C39H56F27NSi/c40-28(41,31(46,47)34(52,53)37(58,59)60)22-16-10-4-1-7-13-19-25-68(67,26-20-14-8-2-5-11-17-23-29(42,43)32(48,49)35(54,55)38(61,62)63)27-21-15-9-3-6-12-18-24-30(44,45)33(50,51)36(56,57)39(64,65)66/h1-27,67H2. The third-order valence-corrected chi connectivity index (χ3v) is 15.7. The summed E-state index contributed by atoms with van der Waals surface area (Å²) in [5.41, 5.74) is 0. The monoisotopic (exact) mass is 1080 g/mol. The van der Waals surface area contributed by atoms with E-state index in [1.807, 2.05) is 0 Å². The number of hydrogen-bond donors (Lipinski definition) is 1. The second-order valence-electron chi connectivity index (χ2n) is 17.3. The van der Waals surface area contributed by atoms with Gasteiger partial charge in [-0.05, 0) is 37.4 Å². The van der Waals surface area contributed by atoms with Crippen LogP contribution in [0.4, 0.5) is 119 Å². The van der Waals surface area contributed by atoms with Gasteiger partial charge in [0.25, 0.3) is 0 Å². The molecule has 0 radical (unpaired) electrons. The maximum atomic E-state index is 13.7. The first kappa shape index (κ1) is 66.3. The van der Waals surface area contributed by atoms with E-state index in [1.165, 1.54) is 0 Å². The van der Waals surface area contributed by atoms with E-state index in [2.05, 4.69) is 0 Å². The largest absolute Gasteiger partial charge is 0.460 e. The van der Waals surface area contributed by atoms with Crippen molar-refractivity contribution in [1.29, 1.82) is 0 Å². The van der Waals surface area contributed by atoms with Gasteiger partial charge in [-0.3, -0.25) is 0 Å². The lowest BCUT2D eigenvalue weighted by atomic mass is 9.98. The molecule has 29 heteroatoms. The number of rotatable bonds is 36. The summed E-state index contributed by atoms with van der Waals surface area (Å²) >= 11 is 0. The highest BCUT2D eigenvalue weighted by Crippen LogP contribution is 2.57. The Morgan fingerprint density at radius 3 is 0.515 bits per heavy atom. The van der Waals surface area contributed by atoms with E-state index in [4.69, 9.17) is 5.40 Å². The number of nitrogens with two attached hydrogens (primary N) is 1. The molecule has 0 bridgehead atoms. The Morgan fingerprint density at radius 1 is 0.206 bits per heavy atom. The quantitative estimate of drug-likeness (QED) is 0.0378. The van der Waals surface area contributed by atoms with Crippen molar-refractivity contribution in [2.24, 2.45) is 5.40 Å². The minimum absolute atomic E-state index is 0.133. The Bertz CT molecular complexity index is 1260. The molecule has 0 spiro atoms. The second-order valence-corrected chi connectivity index (χ2v) is 21.6. The Balaban J connectivity index is 5.07. The predicted octanol–water partition coefficient (Wildman–Crippen LogP) is 18.7. The van der Waals surface area contributed by atoms with E-state index in [9.17, 15) is 119 Å². The van der Waals surface area contributed by atoms with Gasteiger partial charge in [0.15, 0.2) is 0 Å². The molecule has 0 heterocycles. The fourth-order valence-corrected chi connectivity index (χ4v) is 10.8. The van der Waals surface area contributed by atoms with E-state index in [0.717, 1.165) is 0 Å². The van der Waals surface area contributed by atoms with Gasteiger partial charge in [0.2, 0.25) is 0 Å². The second kappa shape index (κ2) is 25.3. The van der Waals surface area contributed by atoms with Crippen LogP contribution < -0.4 is 5.40 Å². The van der Waals surface area contributed by atoms with Crippen LogP contribution in [0.25, 0.3) is 0 Å². The van der Waals surface area contributed by atoms with E-state index >= 15 is 0 Å². The van der Waals surface area contributed by atoms with E-state index in [0.29, 0.717) is 95.2 Å². The van der Waals surface area contributed by atoms with Crippen LogP contribution in [0.3, 0.4) is 0 Å². The lowest BCUT2D eigenvalue weighted by Crippen LogP contribution is -2.60. The van der Waals surface area contributed by atoms with E-state index in [1.54, 1.807) is 0 Å². The third kappa shape index (κ3) is 17.5. The van der Waals surface area contributed by atoms with Crippen LogP contribution in [0, 0.1) is 0 Å². The SMILES string of the molecule is N[Si](CCCCCCCCCC(F)(F)C(F)(F)C(F)(F)C(F)(F)F)(CCCCCCCCCC(F)(F)C(F)(F)C(F)(F)C(F)(F)F)CCCCCCCCCC(F)(F)C(F)(F)C(F)(F)C(F)(F)F. The highest BCUT2D eigenvalue weighted by Gasteiger charge is 2.83. The normalized spacial score (nSPS) is 15.2. The Labute approximate surface area is 376 Å². The smallest absolute Gasteiger partial charge is 0.351 e. The summed E-state index contributed by atoms with van der Waals surface area (Å²) in [7, 11) is -2.58. The summed E-state index contributed by atoms with van der Waals surface area (Å²) in [6.07, 6.45) is -23.7. The van der Waals surface area contributed by atoms with Gasteiger partial charge in [-0.25, -0.2) is 0 Å². The minimum Gasteiger partial charge on any atom is -0.351 e. The molecule has 0 aliphatic carbocycles. The number of halogens is 27. The Hall–Kier alpha value is -1.71. The fraction of sp³-hybridized carbons (Fsp3) is 1.00. The van der Waals surface area contributed by atoms with Crippen molar-refractivity contribution in [3.05, 3.63) is 0 Å². The lowest BCUT2D eigenvalue weighted by Gasteiger charge is -2.33. The van der Waals surface area contributed by atoms with Crippen LogP contribution in [-0.4, -0.2) is 80.1 Å². The van der Waals surface area contributed by atoms with Gasteiger partial charge in [0, 0.05) is 19.3 Å². The molecule has 1 nitrogen and oxygen atoms in total. The number of unbranched alkanes of at least 4 members (excludes halogenated alkanes) is 18. The number of alkyl halides is 27. The van der Waals surface area contributed by atoms with Crippen LogP contribution in [0.5, 0.6) is 0 Å². The fourth-order valence-electron chi connectivity index (χ4n) is 7.19. The van der Waals surface area contributed by atoms with Crippen molar-refractivity contribution in [1.82, 2.24) is 0 Å². The van der Waals surface area contributed by atoms with Crippen LogP contribution in [-0.2, 0) is 0 Å². The molecule has 0 aromatic heterocycles. The lowest BCUT2D eigenvalue weighted by molar-refractivity contribution is -0.396. The summed E-state index contributed by atoms with van der Waals surface area (Å²) < 4.78 is 352.